The quantitative estimate of drug-likeness (QED) is 0.857. The average molecular weight is 288 g/mol. The van der Waals surface area contributed by atoms with Gasteiger partial charge < -0.3 is 15.4 Å². The zero-order chi connectivity index (χ0) is 15.2. The van der Waals surface area contributed by atoms with Gasteiger partial charge >= 0.3 is 0 Å². The number of amides is 1. The van der Waals surface area contributed by atoms with Crippen LogP contribution in [0.1, 0.15) is 19.5 Å². The molecule has 0 spiro atoms. The molecule has 0 aliphatic rings. The molecule has 6 nitrogen and oxygen atoms in total. The van der Waals surface area contributed by atoms with Crippen molar-refractivity contribution in [1.82, 2.24) is 9.78 Å². The molecule has 6 heteroatoms. The lowest BCUT2D eigenvalue weighted by Gasteiger charge is -2.13. The van der Waals surface area contributed by atoms with Crippen LogP contribution in [0.15, 0.2) is 30.5 Å². The van der Waals surface area contributed by atoms with Gasteiger partial charge in [0.25, 0.3) is 0 Å². The Bertz CT molecular complexity index is 622. The van der Waals surface area contributed by atoms with E-state index in [4.69, 9.17) is 4.74 Å². The number of ether oxygens (including phenoxy) is 1. The van der Waals surface area contributed by atoms with Gasteiger partial charge in [-0.15, -0.1) is 0 Å². The van der Waals surface area contributed by atoms with E-state index in [1.807, 2.05) is 28.9 Å². The first-order chi connectivity index (χ1) is 10.1. The molecule has 1 aromatic heterocycles. The van der Waals surface area contributed by atoms with Crippen LogP contribution in [0, 0.1) is 0 Å². The second kappa shape index (κ2) is 6.78. The number of hydrogen-bond donors (Lipinski definition) is 2. The molecule has 0 saturated carbocycles. The molecule has 21 heavy (non-hydrogen) atoms. The van der Waals surface area contributed by atoms with Crippen LogP contribution in [0.4, 0.5) is 11.4 Å². The van der Waals surface area contributed by atoms with Gasteiger partial charge in [0.1, 0.15) is 5.75 Å². The Kier molecular flexibility index (Phi) is 4.81. The number of aromatic nitrogens is 2. The van der Waals surface area contributed by atoms with Crippen molar-refractivity contribution in [2.24, 2.45) is 0 Å². The van der Waals surface area contributed by atoms with Crippen LogP contribution in [-0.2, 0) is 17.9 Å². The summed E-state index contributed by atoms with van der Waals surface area (Å²) in [6.07, 6.45) is 1.78. The monoisotopic (exact) mass is 288 g/mol. The number of rotatable bonds is 6. The summed E-state index contributed by atoms with van der Waals surface area (Å²) >= 11 is 0. The minimum Gasteiger partial charge on any atom is -0.495 e. The fourth-order valence-electron chi connectivity index (χ4n) is 2.11. The van der Waals surface area contributed by atoms with Gasteiger partial charge in [0, 0.05) is 25.4 Å². The van der Waals surface area contributed by atoms with E-state index in [9.17, 15) is 4.79 Å². The normalized spacial score (nSPS) is 10.2. The molecule has 2 rings (SSSR count). The molecule has 1 aromatic carbocycles. The van der Waals surface area contributed by atoms with E-state index in [0.29, 0.717) is 6.54 Å². The van der Waals surface area contributed by atoms with Crippen LogP contribution in [0.3, 0.4) is 0 Å². The molecule has 0 aliphatic heterocycles. The highest BCUT2D eigenvalue weighted by atomic mass is 16.5. The van der Waals surface area contributed by atoms with Crippen molar-refractivity contribution in [3.05, 3.63) is 36.2 Å². The first kappa shape index (κ1) is 14.9. The van der Waals surface area contributed by atoms with Crippen molar-refractivity contribution >= 4 is 17.3 Å². The van der Waals surface area contributed by atoms with E-state index in [0.717, 1.165) is 29.4 Å². The van der Waals surface area contributed by atoms with Crippen molar-refractivity contribution in [3.63, 3.8) is 0 Å². The molecule has 1 amide bonds. The maximum atomic E-state index is 11.1. The minimum atomic E-state index is -0.102. The maximum absolute atomic E-state index is 11.1. The molecule has 0 unspecified atom stereocenters. The van der Waals surface area contributed by atoms with Crippen LogP contribution >= 0.6 is 0 Å². The first-order valence-electron chi connectivity index (χ1n) is 6.84. The fraction of sp³-hybridized carbons (Fsp3) is 0.333. The number of aryl methyl sites for hydroxylation is 1. The molecule has 1 heterocycles. The van der Waals surface area contributed by atoms with Crippen molar-refractivity contribution in [2.45, 2.75) is 26.9 Å². The Morgan fingerprint density at radius 2 is 2.19 bits per heavy atom. The summed E-state index contributed by atoms with van der Waals surface area (Å²) < 4.78 is 7.26. The number of nitrogens with zero attached hydrogens (tertiary/aromatic N) is 2. The van der Waals surface area contributed by atoms with Gasteiger partial charge in [0.15, 0.2) is 0 Å². The van der Waals surface area contributed by atoms with E-state index < -0.39 is 0 Å². The summed E-state index contributed by atoms with van der Waals surface area (Å²) in [5.74, 6) is 0.627. The number of benzene rings is 1. The zero-order valence-electron chi connectivity index (χ0n) is 12.5. The molecule has 0 fully saturated rings. The lowest BCUT2D eigenvalue weighted by molar-refractivity contribution is -0.114. The third kappa shape index (κ3) is 3.75. The number of methoxy groups -OCH3 is 1. The second-order valence-corrected chi connectivity index (χ2v) is 4.59. The summed E-state index contributed by atoms with van der Waals surface area (Å²) in [7, 11) is 1.62. The van der Waals surface area contributed by atoms with Crippen LogP contribution in [0.25, 0.3) is 0 Å². The van der Waals surface area contributed by atoms with Gasteiger partial charge in [-0.05, 0) is 31.2 Å². The van der Waals surface area contributed by atoms with E-state index >= 15 is 0 Å². The SMILES string of the molecule is CCn1nccc1CNc1cc(NC(C)=O)ccc1OC. The van der Waals surface area contributed by atoms with Crippen LogP contribution in [0.2, 0.25) is 0 Å². The predicted molar refractivity (Wildman–Crippen MR) is 82.5 cm³/mol. The highest BCUT2D eigenvalue weighted by Gasteiger charge is 2.07. The molecule has 0 radical (unpaired) electrons. The van der Waals surface area contributed by atoms with E-state index in [1.54, 1.807) is 13.3 Å². The van der Waals surface area contributed by atoms with Crippen LogP contribution in [0.5, 0.6) is 5.75 Å². The van der Waals surface area contributed by atoms with E-state index in [-0.39, 0.29) is 5.91 Å². The van der Waals surface area contributed by atoms with Crippen LogP contribution in [-0.4, -0.2) is 22.8 Å². The predicted octanol–water partition coefficient (Wildman–Crippen LogP) is 2.48. The molecule has 2 N–H and O–H groups in total. The Labute approximate surface area is 124 Å². The van der Waals surface area contributed by atoms with E-state index in [1.165, 1.54) is 6.92 Å². The average Bonchev–Trinajstić information content (AvgIpc) is 2.92. The summed E-state index contributed by atoms with van der Waals surface area (Å²) in [5.41, 5.74) is 2.65. The van der Waals surface area contributed by atoms with Crippen LogP contribution < -0.4 is 15.4 Å². The standard InChI is InChI=1S/C15H20N4O2/c1-4-19-13(7-8-17-19)10-16-14-9-12(18-11(2)20)5-6-15(14)21-3/h5-9,16H,4,10H2,1-3H3,(H,18,20). The number of carbonyl (C=O) groups is 1. The van der Waals surface area contributed by atoms with Gasteiger partial charge in [-0.25, -0.2) is 0 Å². The van der Waals surface area contributed by atoms with Crippen molar-refractivity contribution in [1.29, 1.82) is 0 Å². The smallest absolute Gasteiger partial charge is 0.221 e. The Balaban J connectivity index is 2.15. The molecular weight excluding hydrogens is 268 g/mol. The summed E-state index contributed by atoms with van der Waals surface area (Å²) in [6.45, 7) is 4.99. The third-order valence-electron chi connectivity index (χ3n) is 3.08. The molecule has 0 aliphatic carbocycles. The zero-order valence-corrected chi connectivity index (χ0v) is 12.5. The highest BCUT2D eigenvalue weighted by Crippen LogP contribution is 2.28. The van der Waals surface area contributed by atoms with Gasteiger partial charge in [-0.3, -0.25) is 9.48 Å². The number of carbonyl (C=O) groups excluding carboxylic acids is 1. The number of anilines is 2. The van der Waals surface area contributed by atoms with Crippen molar-refractivity contribution in [3.8, 4) is 5.75 Å². The minimum absolute atomic E-state index is 0.102. The summed E-state index contributed by atoms with van der Waals surface area (Å²) in [5, 5.41) is 10.3. The first-order valence-corrected chi connectivity index (χ1v) is 6.84. The maximum Gasteiger partial charge on any atom is 0.221 e. The Morgan fingerprint density at radius 3 is 2.86 bits per heavy atom. The second-order valence-electron chi connectivity index (χ2n) is 4.59. The van der Waals surface area contributed by atoms with Gasteiger partial charge in [0.2, 0.25) is 5.91 Å². The van der Waals surface area contributed by atoms with Gasteiger partial charge in [-0.1, -0.05) is 0 Å². The highest BCUT2D eigenvalue weighted by molar-refractivity contribution is 5.89. The summed E-state index contributed by atoms with van der Waals surface area (Å²) in [6, 6.07) is 7.46. The Morgan fingerprint density at radius 1 is 1.38 bits per heavy atom. The molecule has 0 atom stereocenters. The van der Waals surface area contributed by atoms with Gasteiger partial charge in [-0.2, -0.15) is 5.10 Å². The van der Waals surface area contributed by atoms with E-state index in [2.05, 4.69) is 22.7 Å². The fourth-order valence-corrected chi connectivity index (χ4v) is 2.11. The van der Waals surface area contributed by atoms with Crippen molar-refractivity contribution in [2.75, 3.05) is 17.7 Å². The lowest BCUT2D eigenvalue weighted by atomic mass is 10.2. The third-order valence-corrected chi connectivity index (χ3v) is 3.08. The summed E-state index contributed by atoms with van der Waals surface area (Å²) in [4.78, 5) is 11.1. The molecule has 0 bridgehead atoms. The molecule has 0 saturated heterocycles. The number of nitrogens with one attached hydrogen (secondary N) is 2. The lowest BCUT2D eigenvalue weighted by Crippen LogP contribution is -2.09. The van der Waals surface area contributed by atoms with Gasteiger partial charge in [0.05, 0.1) is 25.0 Å². The molecular formula is C15H20N4O2. The molecule has 112 valence electrons. The topological polar surface area (TPSA) is 68.2 Å². The van der Waals surface area contributed by atoms with Crippen molar-refractivity contribution < 1.29 is 9.53 Å². The largest absolute Gasteiger partial charge is 0.495 e. The Hall–Kier alpha value is -2.50. The molecule has 2 aromatic rings. The number of hydrogen-bond acceptors (Lipinski definition) is 4.